The van der Waals surface area contributed by atoms with E-state index in [1.165, 1.54) is 11.8 Å². The molecular weight excluding hydrogens is 392 g/mol. The van der Waals surface area contributed by atoms with Gasteiger partial charge in [0.25, 0.3) is 0 Å². The highest BCUT2D eigenvalue weighted by molar-refractivity contribution is 7.99. The van der Waals surface area contributed by atoms with Gasteiger partial charge in [-0.2, -0.15) is 0 Å². The molecule has 1 amide bonds. The Hall–Kier alpha value is -3.04. The van der Waals surface area contributed by atoms with Crippen molar-refractivity contribution in [3.8, 4) is 17.2 Å². The minimum absolute atomic E-state index is 0.164. The van der Waals surface area contributed by atoms with E-state index in [0.29, 0.717) is 34.8 Å². The maximum atomic E-state index is 12.5. The zero-order chi connectivity index (χ0) is 20.6. The van der Waals surface area contributed by atoms with Crippen LogP contribution in [-0.2, 0) is 16.1 Å². The molecule has 0 unspecified atom stereocenters. The third-order valence-electron chi connectivity index (χ3n) is 3.96. The van der Waals surface area contributed by atoms with Crippen molar-refractivity contribution in [1.29, 1.82) is 0 Å². The fraction of sp³-hybridized carbons (Fsp3) is 0.250. The van der Waals surface area contributed by atoms with Gasteiger partial charge in [-0.1, -0.05) is 30.0 Å². The van der Waals surface area contributed by atoms with E-state index in [9.17, 15) is 4.79 Å². The summed E-state index contributed by atoms with van der Waals surface area (Å²) in [7, 11) is 4.72. The number of ether oxygens (including phenoxy) is 3. The Bertz CT molecular complexity index is 940. The van der Waals surface area contributed by atoms with Crippen LogP contribution in [0, 0.1) is 0 Å². The van der Waals surface area contributed by atoms with E-state index in [0.717, 1.165) is 5.69 Å². The Labute approximate surface area is 173 Å². The molecule has 3 rings (SSSR count). The van der Waals surface area contributed by atoms with Crippen molar-refractivity contribution < 1.29 is 19.0 Å². The van der Waals surface area contributed by atoms with Crippen LogP contribution in [0.5, 0.6) is 11.5 Å². The lowest BCUT2D eigenvalue weighted by Gasteiger charge is -2.11. The molecule has 0 aliphatic carbocycles. The molecule has 9 heteroatoms. The highest BCUT2D eigenvalue weighted by atomic mass is 32.2. The van der Waals surface area contributed by atoms with Gasteiger partial charge in [0.15, 0.2) is 11.0 Å². The maximum Gasteiger partial charge on any atom is 0.234 e. The lowest BCUT2D eigenvalue weighted by molar-refractivity contribution is -0.113. The Morgan fingerprint density at radius 2 is 1.72 bits per heavy atom. The SMILES string of the molecule is COCc1nnc(SCC(=O)Nc2cc(OC)cc(OC)c2)n1-c1ccccc1. The predicted molar refractivity (Wildman–Crippen MR) is 111 cm³/mol. The molecule has 0 aliphatic heterocycles. The summed E-state index contributed by atoms with van der Waals surface area (Å²) in [5.41, 5.74) is 1.50. The first-order chi connectivity index (χ1) is 14.1. The van der Waals surface area contributed by atoms with Crippen LogP contribution in [0.25, 0.3) is 5.69 Å². The Kier molecular flexibility index (Phi) is 7.09. The minimum atomic E-state index is -0.179. The molecule has 2 aromatic carbocycles. The number of nitrogens with zero attached hydrogens (tertiary/aromatic N) is 3. The van der Waals surface area contributed by atoms with E-state index in [2.05, 4.69) is 15.5 Å². The van der Waals surface area contributed by atoms with Crippen molar-refractivity contribution in [3.63, 3.8) is 0 Å². The van der Waals surface area contributed by atoms with Gasteiger partial charge < -0.3 is 19.5 Å². The molecule has 1 N–H and O–H groups in total. The number of amides is 1. The van der Waals surface area contributed by atoms with Gasteiger partial charge in [-0.15, -0.1) is 10.2 Å². The first kappa shape index (κ1) is 20.7. The molecule has 29 heavy (non-hydrogen) atoms. The summed E-state index contributed by atoms with van der Waals surface area (Å²) in [6, 6.07) is 14.9. The molecule has 0 atom stereocenters. The van der Waals surface area contributed by atoms with Gasteiger partial charge in [0.2, 0.25) is 5.91 Å². The number of aromatic nitrogens is 3. The Morgan fingerprint density at radius 3 is 2.34 bits per heavy atom. The van der Waals surface area contributed by atoms with Crippen molar-refractivity contribution >= 4 is 23.4 Å². The monoisotopic (exact) mass is 414 g/mol. The summed E-state index contributed by atoms with van der Waals surface area (Å²) >= 11 is 1.30. The molecule has 3 aromatic rings. The first-order valence-electron chi connectivity index (χ1n) is 8.79. The molecule has 8 nitrogen and oxygen atoms in total. The van der Waals surface area contributed by atoms with E-state index in [-0.39, 0.29) is 11.7 Å². The van der Waals surface area contributed by atoms with Crippen molar-refractivity contribution in [3.05, 3.63) is 54.4 Å². The highest BCUT2D eigenvalue weighted by Gasteiger charge is 2.16. The summed E-state index contributed by atoms with van der Waals surface area (Å²) in [5.74, 6) is 1.85. The summed E-state index contributed by atoms with van der Waals surface area (Å²) in [5, 5.41) is 11.9. The van der Waals surface area contributed by atoms with Crippen LogP contribution in [0.2, 0.25) is 0 Å². The highest BCUT2D eigenvalue weighted by Crippen LogP contribution is 2.27. The number of nitrogens with one attached hydrogen (secondary N) is 1. The number of methoxy groups -OCH3 is 3. The number of benzene rings is 2. The summed E-state index contributed by atoms with van der Waals surface area (Å²) in [4.78, 5) is 12.5. The second kappa shape index (κ2) is 9.94. The number of carbonyl (C=O) groups is 1. The molecule has 0 aliphatic rings. The van der Waals surface area contributed by atoms with Crippen molar-refractivity contribution in [2.24, 2.45) is 0 Å². The Morgan fingerprint density at radius 1 is 1.03 bits per heavy atom. The van der Waals surface area contributed by atoms with Crippen LogP contribution in [0.3, 0.4) is 0 Å². The van der Waals surface area contributed by atoms with Gasteiger partial charge in [-0.3, -0.25) is 9.36 Å². The number of hydrogen-bond acceptors (Lipinski definition) is 7. The average molecular weight is 414 g/mol. The molecule has 0 saturated heterocycles. The quantitative estimate of drug-likeness (QED) is 0.538. The number of carbonyl (C=O) groups excluding carboxylic acids is 1. The van der Waals surface area contributed by atoms with E-state index in [1.54, 1.807) is 39.5 Å². The second-order valence-electron chi connectivity index (χ2n) is 5.94. The van der Waals surface area contributed by atoms with Crippen molar-refractivity contribution in [2.75, 3.05) is 32.4 Å². The summed E-state index contributed by atoms with van der Waals surface area (Å²) in [6.45, 7) is 0.318. The van der Waals surface area contributed by atoms with Gasteiger partial charge in [0.05, 0.1) is 20.0 Å². The van der Waals surface area contributed by atoms with Crippen LogP contribution in [-0.4, -0.2) is 47.8 Å². The first-order valence-corrected chi connectivity index (χ1v) is 9.77. The van der Waals surface area contributed by atoms with Gasteiger partial charge in [0, 0.05) is 36.7 Å². The van der Waals surface area contributed by atoms with E-state index in [1.807, 2.05) is 34.9 Å². The van der Waals surface area contributed by atoms with E-state index < -0.39 is 0 Å². The fourth-order valence-corrected chi connectivity index (χ4v) is 3.43. The van der Waals surface area contributed by atoms with Gasteiger partial charge in [-0.25, -0.2) is 0 Å². The zero-order valence-corrected chi connectivity index (χ0v) is 17.2. The third kappa shape index (κ3) is 5.27. The molecule has 0 bridgehead atoms. The zero-order valence-electron chi connectivity index (χ0n) is 16.4. The second-order valence-corrected chi connectivity index (χ2v) is 6.88. The smallest absolute Gasteiger partial charge is 0.234 e. The molecular formula is C20H22N4O4S. The molecule has 1 heterocycles. The maximum absolute atomic E-state index is 12.5. The number of thioether (sulfide) groups is 1. The number of rotatable bonds is 9. The third-order valence-corrected chi connectivity index (χ3v) is 4.88. The van der Waals surface area contributed by atoms with Gasteiger partial charge in [0.1, 0.15) is 18.1 Å². The van der Waals surface area contributed by atoms with E-state index >= 15 is 0 Å². The Balaban J connectivity index is 1.72. The van der Waals surface area contributed by atoms with Crippen molar-refractivity contribution in [1.82, 2.24) is 14.8 Å². The molecule has 0 fully saturated rings. The lowest BCUT2D eigenvalue weighted by atomic mass is 10.2. The largest absolute Gasteiger partial charge is 0.497 e. The molecule has 0 saturated carbocycles. The molecule has 0 radical (unpaired) electrons. The summed E-state index contributed by atoms with van der Waals surface area (Å²) < 4.78 is 17.6. The van der Waals surface area contributed by atoms with Crippen molar-refractivity contribution in [2.45, 2.75) is 11.8 Å². The van der Waals surface area contributed by atoms with E-state index in [4.69, 9.17) is 14.2 Å². The lowest BCUT2D eigenvalue weighted by Crippen LogP contribution is -2.15. The van der Waals surface area contributed by atoms with Gasteiger partial charge >= 0.3 is 0 Å². The number of para-hydroxylation sites is 1. The molecule has 152 valence electrons. The topological polar surface area (TPSA) is 87.5 Å². The predicted octanol–water partition coefficient (Wildman–Crippen LogP) is 3.16. The molecule has 1 aromatic heterocycles. The van der Waals surface area contributed by atoms with Crippen LogP contribution in [0.1, 0.15) is 5.82 Å². The molecule has 0 spiro atoms. The van der Waals surface area contributed by atoms with Gasteiger partial charge in [-0.05, 0) is 12.1 Å². The minimum Gasteiger partial charge on any atom is -0.497 e. The normalized spacial score (nSPS) is 10.6. The van der Waals surface area contributed by atoms with Crippen LogP contribution >= 0.6 is 11.8 Å². The van der Waals surface area contributed by atoms with Crippen LogP contribution in [0.15, 0.2) is 53.7 Å². The van der Waals surface area contributed by atoms with Crippen LogP contribution in [0.4, 0.5) is 5.69 Å². The number of anilines is 1. The van der Waals surface area contributed by atoms with Crippen LogP contribution < -0.4 is 14.8 Å². The number of hydrogen-bond donors (Lipinski definition) is 1. The standard InChI is InChI=1S/C20H22N4O4S/c1-26-12-18-22-23-20(24(18)15-7-5-4-6-8-15)29-13-19(25)21-14-9-16(27-2)11-17(10-14)28-3/h4-11H,12-13H2,1-3H3,(H,21,25). The fourth-order valence-electron chi connectivity index (χ4n) is 2.66. The average Bonchev–Trinajstić information content (AvgIpc) is 3.15. The summed E-state index contributed by atoms with van der Waals surface area (Å²) in [6.07, 6.45) is 0.